The third-order valence-electron chi connectivity index (χ3n) is 4.04. The molecule has 2 aromatic rings. The Labute approximate surface area is 128 Å². The Morgan fingerprint density at radius 3 is 2.33 bits per heavy atom. The second-order valence-corrected chi connectivity index (χ2v) is 6.15. The molecule has 3 heteroatoms. The molecule has 0 aromatic carbocycles. The van der Waals surface area contributed by atoms with Crippen LogP contribution in [-0.2, 0) is 6.42 Å². The summed E-state index contributed by atoms with van der Waals surface area (Å²) in [6, 6.07) is 2.12. The van der Waals surface area contributed by atoms with Crippen molar-refractivity contribution in [1.29, 1.82) is 0 Å². The quantitative estimate of drug-likeness (QED) is 0.599. The van der Waals surface area contributed by atoms with Gasteiger partial charge in [-0.3, -0.25) is 0 Å². The number of unbranched alkanes of at least 4 members (excludes halogenated alkanes) is 8. The van der Waals surface area contributed by atoms with Crippen LogP contribution in [0.25, 0.3) is 11.2 Å². The number of pyridine rings is 1. The maximum atomic E-state index is 4.55. The van der Waals surface area contributed by atoms with Gasteiger partial charge < -0.3 is 4.98 Å². The summed E-state index contributed by atoms with van der Waals surface area (Å²) in [5.74, 6) is 1.09. The van der Waals surface area contributed by atoms with Gasteiger partial charge in [-0.15, -0.1) is 0 Å². The number of imidazole rings is 1. The summed E-state index contributed by atoms with van der Waals surface area (Å²) in [6.45, 7) is 4.34. The number of aromatic amines is 1. The van der Waals surface area contributed by atoms with Gasteiger partial charge in [-0.1, -0.05) is 58.3 Å². The Balaban J connectivity index is 1.59. The summed E-state index contributed by atoms with van der Waals surface area (Å²) in [6.07, 6.45) is 15.2. The lowest BCUT2D eigenvalue weighted by molar-refractivity contribution is 0.562. The number of nitrogens with zero attached hydrogens (tertiary/aromatic N) is 2. The van der Waals surface area contributed by atoms with Gasteiger partial charge in [0.2, 0.25) is 0 Å². The molecule has 0 saturated heterocycles. The Bertz CT molecular complexity index is 530. The summed E-state index contributed by atoms with van der Waals surface area (Å²) >= 11 is 0. The Morgan fingerprint density at radius 2 is 1.62 bits per heavy atom. The maximum absolute atomic E-state index is 4.55. The molecule has 0 saturated carbocycles. The lowest BCUT2D eigenvalue weighted by Crippen LogP contribution is -1.89. The van der Waals surface area contributed by atoms with E-state index in [1.165, 1.54) is 63.4 Å². The molecule has 0 aliphatic carbocycles. The van der Waals surface area contributed by atoms with Crippen LogP contribution in [-0.4, -0.2) is 15.0 Å². The summed E-state index contributed by atoms with van der Waals surface area (Å²) in [5, 5.41) is 0. The van der Waals surface area contributed by atoms with Crippen molar-refractivity contribution in [2.75, 3.05) is 0 Å². The van der Waals surface area contributed by atoms with Gasteiger partial charge in [0.25, 0.3) is 0 Å². The average molecular weight is 287 g/mol. The highest BCUT2D eigenvalue weighted by atomic mass is 15.0. The minimum absolute atomic E-state index is 0.853. The molecule has 21 heavy (non-hydrogen) atoms. The van der Waals surface area contributed by atoms with Crippen LogP contribution in [0.15, 0.2) is 12.3 Å². The third kappa shape index (κ3) is 5.49. The first-order valence-electron chi connectivity index (χ1n) is 8.61. The van der Waals surface area contributed by atoms with Gasteiger partial charge in [0.15, 0.2) is 5.65 Å². The van der Waals surface area contributed by atoms with Gasteiger partial charge >= 0.3 is 0 Å². The molecule has 0 unspecified atom stereocenters. The molecule has 0 radical (unpaired) electrons. The van der Waals surface area contributed by atoms with Gasteiger partial charge in [-0.2, -0.15) is 0 Å². The van der Waals surface area contributed by atoms with E-state index < -0.39 is 0 Å². The molecule has 0 aliphatic rings. The van der Waals surface area contributed by atoms with Crippen LogP contribution in [0.5, 0.6) is 0 Å². The average Bonchev–Trinajstić information content (AvgIpc) is 2.87. The number of hydrogen-bond acceptors (Lipinski definition) is 2. The molecule has 2 rings (SSSR count). The normalized spacial score (nSPS) is 11.3. The predicted molar refractivity (Wildman–Crippen MR) is 89.6 cm³/mol. The summed E-state index contributed by atoms with van der Waals surface area (Å²) in [7, 11) is 0. The molecule has 116 valence electrons. The molecular weight excluding hydrogens is 258 g/mol. The first kappa shape index (κ1) is 16.0. The third-order valence-corrected chi connectivity index (χ3v) is 4.04. The first-order chi connectivity index (χ1) is 10.3. The van der Waals surface area contributed by atoms with Gasteiger partial charge in [0.05, 0.1) is 5.52 Å². The highest BCUT2D eigenvalue weighted by Crippen LogP contribution is 2.14. The van der Waals surface area contributed by atoms with Crippen LogP contribution < -0.4 is 0 Å². The van der Waals surface area contributed by atoms with Crippen molar-refractivity contribution >= 4 is 11.2 Å². The molecular formula is C18H29N3. The summed E-state index contributed by atoms with van der Waals surface area (Å²) in [5.41, 5.74) is 3.10. The lowest BCUT2D eigenvalue weighted by Gasteiger charge is -2.01. The number of aryl methyl sites for hydroxylation is 2. The Kier molecular flexibility index (Phi) is 6.71. The van der Waals surface area contributed by atoms with Crippen molar-refractivity contribution in [3.8, 4) is 0 Å². The Hall–Kier alpha value is -1.38. The second kappa shape index (κ2) is 8.81. The maximum Gasteiger partial charge on any atom is 0.177 e. The van der Waals surface area contributed by atoms with Crippen molar-refractivity contribution in [3.63, 3.8) is 0 Å². The molecule has 3 nitrogen and oxygen atoms in total. The van der Waals surface area contributed by atoms with Crippen molar-refractivity contribution in [1.82, 2.24) is 15.0 Å². The zero-order valence-corrected chi connectivity index (χ0v) is 13.6. The monoisotopic (exact) mass is 287 g/mol. The van der Waals surface area contributed by atoms with E-state index in [-0.39, 0.29) is 0 Å². The van der Waals surface area contributed by atoms with E-state index in [9.17, 15) is 0 Å². The smallest absolute Gasteiger partial charge is 0.177 e. The van der Waals surface area contributed by atoms with Crippen LogP contribution in [0.1, 0.15) is 76.1 Å². The lowest BCUT2D eigenvalue weighted by atomic mass is 10.1. The molecule has 2 heterocycles. The minimum atomic E-state index is 0.853. The highest BCUT2D eigenvalue weighted by Gasteiger charge is 2.03. The zero-order valence-electron chi connectivity index (χ0n) is 13.6. The van der Waals surface area contributed by atoms with E-state index in [0.29, 0.717) is 0 Å². The van der Waals surface area contributed by atoms with Crippen molar-refractivity contribution in [2.45, 2.75) is 78.1 Å². The standard InChI is InChI=1S/C18H29N3/c1-3-4-5-6-7-8-9-10-11-12-17-20-16-13-15(2)14-19-18(16)21-17/h13-14H,3-12H2,1-2H3,(H,19,20,21). The number of rotatable bonds is 10. The van der Waals surface area contributed by atoms with Crippen molar-refractivity contribution < 1.29 is 0 Å². The predicted octanol–water partition coefficient (Wildman–Crippen LogP) is 5.34. The van der Waals surface area contributed by atoms with E-state index in [4.69, 9.17) is 0 Å². The van der Waals surface area contributed by atoms with Crippen LogP contribution in [0.3, 0.4) is 0 Å². The first-order valence-corrected chi connectivity index (χ1v) is 8.61. The molecule has 0 aliphatic heterocycles. The molecule has 1 N–H and O–H groups in total. The largest absolute Gasteiger partial charge is 0.341 e. The van der Waals surface area contributed by atoms with Crippen LogP contribution in [0.4, 0.5) is 0 Å². The van der Waals surface area contributed by atoms with E-state index >= 15 is 0 Å². The molecule has 0 amide bonds. The fraction of sp³-hybridized carbons (Fsp3) is 0.667. The molecule has 2 aromatic heterocycles. The summed E-state index contributed by atoms with van der Waals surface area (Å²) in [4.78, 5) is 12.3. The highest BCUT2D eigenvalue weighted by molar-refractivity contribution is 5.70. The van der Waals surface area contributed by atoms with Crippen LogP contribution >= 0.6 is 0 Å². The second-order valence-electron chi connectivity index (χ2n) is 6.15. The van der Waals surface area contributed by atoms with Crippen LogP contribution in [0.2, 0.25) is 0 Å². The zero-order chi connectivity index (χ0) is 14.9. The van der Waals surface area contributed by atoms with E-state index in [2.05, 4.69) is 34.9 Å². The molecule has 0 spiro atoms. The number of nitrogens with one attached hydrogen (secondary N) is 1. The fourth-order valence-corrected chi connectivity index (χ4v) is 2.78. The summed E-state index contributed by atoms with van der Waals surface area (Å²) < 4.78 is 0. The van der Waals surface area contributed by atoms with Crippen LogP contribution in [0, 0.1) is 6.92 Å². The molecule has 0 fully saturated rings. The SMILES string of the molecule is CCCCCCCCCCCc1nc2ncc(C)cc2[nH]1. The van der Waals surface area contributed by atoms with Gasteiger partial charge in [0.1, 0.15) is 5.82 Å². The number of aromatic nitrogens is 3. The van der Waals surface area contributed by atoms with Crippen molar-refractivity contribution in [3.05, 3.63) is 23.7 Å². The number of hydrogen-bond donors (Lipinski definition) is 1. The minimum Gasteiger partial charge on any atom is -0.341 e. The van der Waals surface area contributed by atoms with E-state index in [1.54, 1.807) is 0 Å². The molecule has 0 bridgehead atoms. The van der Waals surface area contributed by atoms with Gasteiger partial charge in [0, 0.05) is 12.6 Å². The van der Waals surface area contributed by atoms with Gasteiger partial charge in [-0.05, 0) is 25.0 Å². The number of fused-ring (bicyclic) bond motifs is 1. The van der Waals surface area contributed by atoms with Gasteiger partial charge in [-0.25, -0.2) is 9.97 Å². The fourth-order valence-electron chi connectivity index (χ4n) is 2.78. The Morgan fingerprint density at radius 1 is 0.952 bits per heavy atom. The topological polar surface area (TPSA) is 41.6 Å². The van der Waals surface area contributed by atoms with Crippen molar-refractivity contribution in [2.24, 2.45) is 0 Å². The van der Waals surface area contributed by atoms with E-state index in [1.807, 2.05) is 6.20 Å². The van der Waals surface area contributed by atoms with E-state index in [0.717, 1.165) is 23.4 Å². The molecule has 0 atom stereocenters. The number of H-pyrrole nitrogens is 1.